The first-order chi connectivity index (χ1) is 9.20. The molecule has 0 aliphatic carbocycles. The van der Waals surface area contributed by atoms with Gasteiger partial charge in [0.25, 0.3) is 5.56 Å². The fourth-order valence-corrected chi connectivity index (χ4v) is 2.18. The molecular weight excluding hydrogens is 240 g/mol. The van der Waals surface area contributed by atoms with Crippen molar-refractivity contribution in [2.45, 2.75) is 6.54 Å². The second-order valence-corrected chi connectivity index (χ2v) is 4.41. The van der Waals surface area contributed by atoms with Gasteiger partial charge in [0.15, 0.2) is 5.82 Å². The fraction of sp³-hybridized carbons (Fsp3) is 0.143. The number of aromatic amines is 1. The summed E-state index contributed by atoms with van der Waals surface area (Å²) in [7, 11) is 1.93. The van der Waals surface area contributed by atoms with Crippen LogP contribution in [0.1, 0.15) is 5.56 Å². The van der Waals surface area contributed by atoms with Crippen molar-refractivity contribution in [2.75, 3.05) is 0 Å². The molecule has 3 aromatic rings. The van der Waals surface area contributed by atoms with E-state index in [9.17, 15) is 4.79 Å². The quantitative estimate of drug-likeness (QED) is 0.725. The third-order valence-corrected chi connectivity index (χ3v) is 3.24. The highest BCUT2D eigenvalue weighted by molar-refractivity contribution is 5.79. The molecule has 0 unspecified atom stereocenters. The van der Waals surface area contributed by atoms with E-state index in [0.717, 1.165) is 16.9 Å². The molecule has 5 heteroatoms. The standard InChI is InChI=1S/C14H14N4O/c1-18-12-5-3-2-4-10(12)16-13(18)11-7-6-9(8-15)14(19)17-11/h2-7H,8,15H2,1H3,(H,17,19). The molecule has 5 nitrogen and oxygen atoms in total. The van der Waals surface area contributed by atoms with Gasteiger partial charge >= 0.3 is 0 Å². The third-order valence-electron chi connectivity index (χ3n) is 3.24. The van der Waals surface area contributed by atoms with E-state index in [-0.39, 0.29) is 12.1 Å². The normalized spacial score (nSPS) is 11.1. The van der Waals surface area contributed by atoms with Crippen LogP contribution in [0.15, 0.2) is 41.2 Å². The van der Waals surface area contributed by atoms with Crippen molar-refractivity contribution in [1.82, 2.24) is 14.5 Å². The highest BCUT2D eigenvalue weighted by atomic mass is 16.1. The molecule has 2 aromatic heterocycles. The molecule has 2 heterocycles. The van der Waals surface area contributed by atoms with Crippen molar-refractivity contribution in [3.05, 3.63) is 52.3 Å². The van der Waals surface area contributed by atoms with Crippen LogP contribution in [0.25, 0.3) is 22.6 Å². The van der Waals surface area contributed by atoms with Crippen LogP contribution in [0.3, 0.4) is 0 Å². The number of nitrogens with two attached hydrogens (primary N) is 1. The zero-order valence-corrected chi connectivity index (χ0v) is 10.6. The number of benzene rings is 1. The van der Waals surface area contributed by atoms with E-state index in [0.29, 0.717) is 11.3 Å². The Hall–Kier alpha value is -2.40. The van der Waals surface area contributed by atoms with Crippen LogP contribution in [0.2, 0.25) is 0 Å². The van der Waals surface area contributed by atoms with Gasteiger partial charge in [0, 0.05) is 19.2 Å². The van der Waals surface area contributed by atoms with Gasteiger partial charge in [0.2, 0.25) is 0 Å². The Morgan fingerprint density at radius 3 is 2.74 bits per heavy atom. The zero-order valence-electron chi connectivity index (χ0n) is 10.6. The fourth-order valence-electron chi connectivity index (χ4n) is 2.18. The summed E-state index contributed by atoms with van der Waals surface area (Å²) >= 11 is 0. The maximum Gasteiger partial charge on any atom is 0.252 e. The molecule has 0 aliphatic rings. The van der Waals surface area contributed by atoms with Crippen molar-refractivity contribution >= 4 is 11.0 Å². The largest absolute Gasteiger partial charge is 0.326 e. The highest BCUT2D eigenvalue weighted by Crippen LogP contribution is 2.21. The number of hydrogen-bond donors (Lipinski definition) is 2. The minimum Gasteiger partial charge on any atom is -0.326 e. The summed E-state index contributed by atoms with van der Waals surface area (Å²) in [6, 6.07) is 11.4. The summed E-state index contributed by atoms with van der Waals surface area (Å²) in [4.78, 5) is 19.2. The smallest absolute Gasteiger partial charge is 0.252 e. The van der Waals surface area contributed by atoms with Crippen molar-refractivity contribution in [2.24, 2.45) is 12.8 Å². The van der Waals surface area contributed by atoms with E-state index in [1.165, 1.54) is 0 Å². The van der Waals surface area contributed by atoms with Gasteiger partial charge in [-0.15, -0.1) is 0 Å². The van der Waals surface area contributed by atoms with Crippen molar-refractivity contribution in [1.29, 1.82) is 0 Å². The number of nitrogens with one attached hydrogen (secondary N) is 1. The second-order valence-electron chi connectivity index (χ2n) is 4.41. The topological polar surface area (TPSA) is 76.7 Å². The molecule has 0 saturated heterocycles. The van der Waals surface area contributed by atoms with Crippen LogP contribution in [0.4, 0.5) is 0 Å². The lowest BCUT2D eigenvalue weighted by Crippen LogP contribution is -2.16. The molecular formula is C14H14N4O. The van der Waals surface area contributed by atoms with E-state index < -0.39 is 0 Å². The lowest BCUT2D eigenvalue weighted by molar-refractivity contribution is 0.941. The Morgan fingerprint density at radius 2 is 2.05 bits per heavy atom. The molecule has 1 aromatic carbocycles. The molecule has 0 saturated carbocycles. The van der Waals surface area contributed by atoms with Gasteiger partial charge in [-0.25, -0.2) is 4.98 Å². The number of nitrogens with zero attached hydrogens (tertiary/aromatic N) is 2. The van der Waals surface area contributed by atoms with Gasteiger partial charge in [-0.2, -0.15) is 0 Å². The average Bonchev–Trinajstić information content (AvgIpc) is 2.77. The van der Waals surface area contributed by atoms with E-state index in [4.69, 9.17) is 5.73 Å². The highest BCUT2D eigenvalue weighted by Gasteiger charge is 2.10. The lowest BCUT2D eigenvalue weighted by Gasteiger charge is -2.03. The van der Waals surface area contributed by atoms with Crippen LogP contribution < -0.4 is 11.3 Å². The molecule has 0 radical (unpaired) electrons. The van der Waals surface area contributed by atoms with Gasteiger partial charge in [0.1, 0.15) is 0 Å². The summed E-state index contributed by atoms with van der Waals surface area (Å²) in [5.41, 5.74) is 8.53. The number of H-pyrrole nitrogens is 1. The number of aryl methyl sites for hydroxylation is 1. The molecule has 0 spiro atoms. The van der Waals surface area contributed by atoms with Crippen LogP contribution in [0.5, 0.6) is 0 Å². The molecule has 0 amide bonds. The molecule has 3 N–H and O–H groups in total. The average molecular weight is 254 g/mol. The van der Waals surface area contributed by atoms with Gasteiger partial charge in [-0.1, -0.05) is 18.2 Å². The monoisotopic (exact) mass is 254 g/mol. The minimum absolute atomic E-state index is 0.160. The van der Waals surface area contributed by atoms with Crippen LogP contribution in [-0.2, 0) is 13.6 Å². The number of aromatic nitrogens is 3. The second kappa shape index (κ2) is 4.37. The summed E-state index contributed by atoms with van der Waals surface area (Å²) in [6.45, 7) is 0.234. The van der Waals surface area contributed by atoms with Crippen LogP contribution >= 0.6 is 0 Å². The van der Waals surface area contributed by atoms with E-state index >= 15 is 0 Å². The number of rotatable bonds is 2. The number of imidazole rings is 1. The zero-order chi connectivity index (χ0) is 13.4. The predicted molar refractivity (Wildman–Crippen MR) is 74.7 cm³/mol. The summed E-state index contributed by atoms with van der Waals surface area (Å²) in [5.74, 6) is 0.738. The SMILES string of the molecule is Cn1c(-c2ccc(CN)c(=O)[nH]2)nc2ccccc21. The van der Waals surface area contributed by atoms with Crippen LogP contribution in [-0.4, -0.2) is 14.5 Å². The van der Waals surface area contributed by atoms with Gasteiger partial charge < -0.3 is 15.3 Å². The van der Waals surface area contributed by atoms with Crippen molar-refractivity contribution in [3.8, 4) is 11.5 Å². The first-order valence-electron chi connectivity index (χ1n) is 6.05. The third kappa shape index (κ3) is 1.84. The summed E-state index contributed by atoms with van der Waals surface area (Å²) in [6.07, 6.45) is 0. The molecule has 3 rings (SSSR count). The molecule has 96 valence electrons. The predicted octanol–water partition coefficient (Wildman–Crippen LogP) is 1.39. The number of hydrogen-bond acceptors (Lipinski definition) is 3. The van der Waals surface area contributed by atoms with E-state index in [1.54, 1.807) is 6.07 Å². The maximum absolute atomic E-state index is 11.8. The molecule has 0 atom stereocenters. The molecule has 0 aliphatic heterocycles. The Labute approximate surface area is 109 Å². The maximum atomic E-state index is 11.8. The minimum atomic E-state index is -0.160. The molecule has 19 heavy (non-hydrogen) atoms. The Morgan fingerprint density at radius 1 is 1.26 bits per heavy atom. The van der Waals surface area contributed by atoms with Crippen molar-refractivity contribution < 1.29 is 0 Å². The first kappa shape index (κ1) is 11.7. The van der Waals surface area contributed by atoms with E-state index in [1.807, 2.05) is 41.9 Å². The van der Waals surface area contributed by atoms with Crippen molar-refractivity contribution in [3.63, 3.8) is 0 Å². The first-order valence-corrected chi connectivity index (χ1v) is 6.05. The summed E-state index contributed by atoms with van der Waals surface area (Å²) in [5, 5.41) is 0. The lowest BCUT2D eigenvalue weighted by atomic mass is 10.2. The number of para-hydroxylation sites is 2. The Kier molecular flexibility index (Phi) is 2.68. The van der Waals surface area contributed by atoms with Crippen LogP contribution in [0, 0.1) is 0 Å². The number of fused-ring (bicyclic) bond motifs is 1. The van der Waals surface area contributed by atoms with E-state index in [2.05, 4.69) is 9.97 Å². The molecule has 0 fully saturated rings. The number of pyridine rings is 1. The molecule has 0 bridgehead atoms. The van der Waals surface area contributed by atoms with Gasteiger partial charge in [0.05, 0.1) is 16.7 Å². The van der Waals surface area contributed by atoms with Gasteiger partial charge in [-0.3, -0.25) is 4.79 Å². The Bertz CT molecular complexity index is 801. The van der Waals surface area contributed by atoms with Gasteiger partial charge in [-0.05, 0) is 18.2 Å². The Balaban J connectivity index is 2.22. The summed E-state index contributed by atoms with van der Waals surface area (Å²) < 4.78 is 1.96.